The molecule has 1 aliphatic carbocycles. The van der Waals surface area contributed by atoms with Gasteiger partial charge in [-0.25, -0.2) is 0 Å². The molecule has 0 aromatic carbocycles. The lowest BCUT2D eigenvalue weighted by Crippen LogP contribution is -2.56. The van der Waals surface area contributed by atoms with Gasteiger partial charge in [0.1, 0.15) is 0 Å². The first-order valence-corrected chi connectivity index (χ1v) is 5.15. The van der Waals surface area contributed by atoms with E-state index in [1.54, 1.807) is 0 Å². The maximum Gasteiger partial charge on any atom is 0.245 e. The lowest BCUT2D eigenvalue weighted by Gasteiger charge is -2.35. The molecule has 1 saturated carbocycles. The molecule has 1 fully saturated rings. The van der Waals surface area contributed by atoms with Gasteiger partial charge >= 0.3 is 0 Å². The third-order valence-electron chi connectivity index (χ3n) is 3.18. The van der Waals surface area contributed by atoms with E-state index in [1.165, 1.54) is 0 Å². The molecule has 0 unspecified atom stereocenters. The molecule has 1 heterocycles. The van der Waals surface area contributed by atoms with E-state index in [1.807, 2.05) is 13.8 Å². The van der Waals surface area contributed by atoms with Gasteiger partial charge < -0.3 is 11.1 Å². The molecule has 1 amide bonds. The Morgan fingerprint density at radius 2 is 2.20 bits per heavy atom. The van der Waals surface area contributed by atoms with E-state index in [2.05, 4.69) is 15.5 Å². The molecule has 0 radical (unpaired) electrons. The van der Waals surface area contributed by atoms with Crippen LogP contribution in [-0.2, 0) is 4.79 Å². The number of amides is 1. The summed E-state index contributed by atoms with van der Waals surface area (Å²) in [6.07, 6.45) is 2.56. The molecule has 5 nitrogen and oxygen atoms in total. The SMILES string of the molecule is Cc1[nH]nc(NC(=O)C2(N)CCC2)c1C. The maximum absolute atomic E-state index is 11.8. The van der Waals surface area contributed by atoms with Crippen LogP contribution in [0.5, 0.6) is 0 Å². The van der Waals surface area contributed by atoms with Gasteiger partial charge in [0.05, 0.1) is 5.54 Å². The molecule has 82 valence electrons. The van der Waals surface area contributed by atoms with E-state index < -0.39 is 5.54 Å². The summed E-state index contributed by atoms with van der Waals surface area (Å²) in [6, 6.07) is 0. The molecule has 0 saturated heterocycles. The first kappa shape index (κ1) is 10.2. The van der Waals surface area contributed by atoms with Crippen LogP contribution < -0.4 is 11.1 Å². The topological polar surface area (TPSA) is 83.8 Å². The van der Waals surface area contributed by atoms with E-state index in [9.17, 15) is 4.79 Å². The molecule has 1 aromatic heterocycles. The zero-order chi connectivity index (χ0) is 11.1. The van der Waals surface area contributed by atoms with Crippen LogP contribution in [0.4, 0.5) is 5.82 Å². The van der Waals surface area contributed by atoms with Crippen molar-refractivity contribution in [2.45, 2.75) is 38.6 Å². The number of hydrogen-bond donors (Lipinski definition) is 3. The monoisotopic (exact) mass is 208 g/mol. The van der Waals surface area contributed by atoms with Gasteiger partial charge in [-0.1, -0.05) is 0 Å². The number of anilines is 1. The summed E-state index contributed by atoms with van der Waals surface area (Å²) in [7, 11) is 0. The lowest BCUT2D eigenvalue weighted by atomic mass is 9.77. The van der Waals surface area contributed by atoms with Crippen LogP contribution in [0.25, 0.3) is 0 Å². The van der Waals surface area contributed by atoms with E-state index >= 15 is 0 Å². The summed E-state index contributed by atoms with van der Waals surface area (Å²) >= 11 is 0. The molecule has 4 N–H and O–H groups in total. The number of nitrogens with two attached hydrogens (primary N) is 1. The smallest absolute Gasteiger partial charge is 0.245 e. The van der Waals surface area contributed by atoms with Crippen molar-refractivity contribution < 1.29 is 4.79 Å². The molecule has 1 aromatic rings. The molecule has 5 heteroatoms. The van der Waals surface area contributed by atoms with Crippen molar-refractivity contribution in [3.05, 3.63) is 11.3 Å². The van der Waals surface area contributed by atoms with Crippen molar-refractivity contribution >= 4 is 11.7 Å². The van der Waals surface area contributed by atoms with E-state index in [0.717, 1.165) is 30.5 Å². The Morgan fingerprint density at radius 1 is 1.53 bits per heavy atom. The number of carbonyl (C=O) groups is 1. The van der Waals surface area contributed by atoms with Crippen molar-refractivity contribution in [1.29, 1.82) is 0 Å². The molecule has 0 atom stereocenters. The molecule has 0 bridgehead atoms. The summed E-state index contributed by atoms with van der Waals surface area (Å²) in [5, 5.41) is 9.61. The van der Waals surface area contributed by atoms with Crippen LogP contribution in [0.2, 0.25) is 0 Å². The van der Waals surface area contributed by atoms with Gasteiger partial charge in [-0.15, -0.1) is 0 Å². The number of nitrogens with zero attached hydrogens (tertiary/aromatic N) is 1. The molecule has 0 spiro atoms. The van der Waals surface area contributed by atoms with Crippen LogP contribution in [0.15, 0.2) is 0 Å². The second kappa shape index (κ2) is 3.34. The molecular weight excluding hydrogens is 192 g/mol. The van der Waals surface area contributed by atoms with Crippen molar-refractivity contribution in [2.75, 3.05) is 5.32 Å². The maximum atomic E-state index is 11.8. The standard InChI is InChI=1S/C10H16N4O/c1-6-7(2)13-14-8(6)12-9(15)10(11)4-3-5-10/h3-5,11H2,1-2H3,(H2,12,13,14,15). The van der Waals surface area contributed by atoms with Crippen LogP contribution in [0.1, 0.15) is 30.5 Å². The van der Waals surface area contributed by atoms with Gasteiger partial charge in [0.2, 0.25) is 5.91 Å². The molecule has 1 aliphatic rings. The van der Waals surface area contributed by atoms with Crippen LogP contribution in [-0.4, -0.2) is 21.6 Å². The average Bonchev–Trinajstić information content (AvgIpc) is 2.46. The van der Waals surface area contributed by atoms with Gasteiger partial charge in [0.25, 0.3) is 0 Å². The Hall–Kier alpha value is -1.36. The Balaban J connectivity index is 2.09. The minimum absolute atomic E-state index is 0.122. The average molecular weight is 208 g/mol. The number of H-pyrrole nitrogens is 1. The number of aryl methyl sites for hydroxylation is 1. The lowest BCUT2D eigenvalue weighted by molar-refractivity contribution is -0.123. The normalized spacial score (nSPS) is 18.3. The highest BCUT2D eigenvalue weighted by Gasteiger charge is 2.40. The first-order chi connectivity index (χ1) is 7.03. The highest BCUT2D eigenvalue weighted by Crippen LogP contribution is 2.30. The number of nitrogens with one attached hydrogen (secondary N) is 2. The molecule has 2 rings (SSSR count). The fourth-order valence-electron chi connectivity index (χ4n) is 1.62. The van der Waals surface area contributed by atoms with Crippen molar-refractivity contribution in [1.82, 2.24) is 10.2 Å². The minimum atomic E-state index is -0.667. The van der Waals surface area contributed by atoms with Crippen LogP contribution in [0.3, 0.4) is 0 Å². The largest absolute Gasteiger partial charge is 0.317 e. The van der Waals surface area contributed by atoms with E-state index in [4.69, 9.17) is 5.73 Å². The number of hydrogen-bond acceptors (Lipinski definition) is 3. The third-order valence-corrected chi connectivity index (χ3v) is 3.18. The first-order valence-electron chi connectivity index (χ1n) is 5.15. The molecular formula is C10H16N4O. The highest BCUT2D eigenvalue weighted by atomic mass is 16.2. The fourth-order valence-corrected chi connectivity index (χ4v) is 1.62. The zero-order valence-electron chi connectivity index (χ0n) is 9.05. The summed E-state index contributed by atoms with van der Waals surface area (Å²) in [5.41, 5.74) is 7.16. The van der Waals surface area contributed by atoms with Crippen LogP contribution >= 0.6 is 0 Å². The van der Waals surface area contributed by atoms with Gasteiger partial charge in [-0.05, 0) is 33.1 Å². The summed E-state index contributed by atoms with van der Waals surface area (Å²) in [4.78, 5) is 11.8. The van der Waals surface area contributed by atoms with Crippen molar-refractivity contribution in [3.63, 3.8) is 0 Å². The molecule has 0 aliphatic heterocycles. The van der Waals surface area contributed by atoms with Gasteiger partial charge in [-0.3, -0.25) is 9.89 Å². The quantitative estimate of drug-likeness (QED) is 0.673. The Kier molecular flexibility index (Phi) is 2.26. The minimum Gasteiger partial charge on any atom is -0.317 e. The summed E-state index contributed by atoms with van der Waals surface area (Å²) in [5.74, 6) is 0.470. The summed E-state index contributed by atoms with van der Waals surface area (Å²) < 4.78 is 0. The van der Waals surface area contributed by atoms with Crippen molar-refractivity contribution in [2.24, 2.45) is 5.73 Å². The number of rotatable bonds is 2. The Labute approximate surface area is 88.4 Å². The Morgan fingerprint density at radius 3 is 2.60 bits per heavy atom. The number of aromatic nitrogens is 2. The number of carbonyl (C=O) groups excluding carboxylic acids is 1. The van der Waals surface area contributed by atoms with Gasteiger partial charge in [-0.2, -0.15) is 5.10 Å². The zero-order valence-corrected chi connectivity index (χ0v) is 9.05. The van der Waals surface area contributed by atoms with E-state index in [0.29, 0.717) is 5.82 Å². The Bertz CT molecular complexity index is 392. The van der Waals surface area contributed by atoms with Crippen LogP contribution in [0, 0.1) is 13.8 Å². The number of aromatic amines is 1. The van der Waals surface area contributed by atoms with Gasteiger partial charge in [0.15, 0.2) is 5.82 Å². The van der Waals surface area contributed by atoms with E-state index in [-0.39, 0.29) is 5.91 Å². The fraction of sp³-hybridized carbons (Fsp3) is 0.600. The summed E-state index contributed by atoms with van der Waals surface area (Å²) in [6.45, 7) is 3.83. The second-order valence-corrected chi connectivity index (χ2v) is 4.29. The predicted molar refractivity (Wildman–Crippen MR) is 57.5 cm³/mol. The van der Waals surface area contributed by atoms with Gasteiger partial charge in [0, 0.05) is 11.3 Å². The second-order valence-electron chi connectivity index (χ2n) is 4.29. The van der Waals surface area contributed by atoms with Crippen molar-refractivity contribution in [3.8, 4) is 0 Å². The predicted octanol–water partition coefficient (Wildman–Crippen LogP) is 0.846. The third kappa shape index (κ3) is 1.63. The highest BCUT2D eigenvalue weighted by molar-refractivity contribution is 5.98. The molecule has 15 heavy (non-hydrogen) atoms.